The quantitative estimate of drug-likeness (QED) is 0.513. The summed E-state index contributed by atoms with van der Waals surface area (Å²) < 4.78 is 5.66. The van der Waals surface area contributed by atoms with Gasteiger partial charge in [-0.3, -0.25) is 0 Å². The average Bonchev–Trinajstić information content (AvgIpc) is 2.65. The van der Waals surface area contributed by atoms with Gasteiger partial charge in [0.15, 0.2) is 0 Å². The second kappa shape index (κ2) is 7.84. The highest BCUT2D eigenvalue weighted by molar-refractivity contribution is 5.89. The largest absolute Gasteiger partial charge is 0.422 e. The predicted molar refractivity (Wildman–Crippen MR) is 111 cm³/mol. The molecule has 0 bridgehead atoms. The van der Waals surface area contributed by atoms with Gasteiger partial charge in [-0.25, -0.2) is 4.79 Å². The molecule has 5 heteroatoms. The number of rotatable bonds is 6. The highest BCUT2D eigenvalue weighted by Gasteiger charge is 2.15. The number of nitrogen functional groups attached to an aromatic ring is 1. The topological polar surface area (TPSA) is 79.7 Å². The van der Waals surface area contributed by atoms with Gasteiger partial charge in [0, 0.05) is 42.5 Å². The molecule has 0 fully saturated rings. The summed E-state index contributed by atoms with van der Waals surface area (Å²) in [6.07, 6.45) is 0.492. The van der Waals surface area contributed by atoms with Crippen molar-refractivity contribution in [2.75, 3.05) is 30.3 Å². The zero-order valence-electron chi connectivity index (χ0n) is 16.1. The number of nitrogens with zero attached hydrogens (tertiary/aromatic N) is 1. The van der Waals surface area contributed by atoms with Gasteiger partial charge in [0.1, 0.15) is 5.58 Å². The van der Waals surface area contributed by atoms with Crippen LogP contribution in [-0.2, 0) is 6.42 Å². The van der Waals surface area contributed by atoms with E-state index >= 15 is 0 Å². The van der Waals surface area contributed by atoms with Crippen LogP contribution in [0.5, 0.6) is 0 Å². The molecule has 0 aliphatic heterocycles. The molecule has 3 rings (SSSR count). The Balaban J connectivity index is 2.14. The minimum absolute atomic E-state index is 0.0373. The van der Waals surface area contributed by atoms with Crippen LogP contribution in [0.1, 0.15) is 25.0 Å². The lowest BCUT2D eigenvalue weighted by Crippen LogP contribution is -2.21. The summed E-state index contributed by atoms with van der Waals surface area (Å²) in [5.41, 5.74) is 10.9. The lowest BCUT2D eigenvalue weighted by atomic mass is 9.97. The van der Waals surface area contributed by atoms with Crippen LogP contribution in [0.3, 0.4) is 0 Å². The minimum Gasteiger partial charge on any atom is -0.422 e. The highest BCUT2D eigenvalue weighted by atomic mass is 16.4. The Bertz CT molecular complexity index is 1020. The number of fused-ring (bicyclic) bond motifs is 1. The first kappa shape index (κ1) is 19.0. The summed E-state index contributed by atoms with van der Waals surface area (Å²) in [6, 6.07) is 11.5. The van der Waals surface area contributed by atoms with Crippen LogP contribution >= 0.6 is 0 Å². The molecule has 3 aromatic rings. The van der Waals surface area contributed by atoms with Crippen LogP contribution in [-0.4, -0.2) is 24.8 Å². The van der Waals surface area contributed by atoms with E-state index in [0.717, 1.165) is 40.9 Å². The van der Waals surface area contributed by atoms with Crippen molar-refractivity contribution in [1.29, 1.82) is 0 Å². The number of aryl methyl sites for hydroxylation is 1. The highest BCUT2D eigenvalue weighted by Crippen LogP contribution is 2.30. The van der Waals surface area contributed by atoms with Gasteiger partial charge in [0.05, 0.1) is 5.56 Å². The molecule has 27 heavy (non-hydrogen) atoms. The van der Waals surface area contributed by atoms with E-state index < -0.39 is 0 Å². The molecule has 0 aliphatic carbocycles. The van der Waals surface area contributed by atoms with Crippen molar-refractivity contribution in [3.05, 3.63) is 57.9 Å². The zero-order chi connectivity index (χ0) is 19.6. The van der Waals surface area contributed by atoms with E-state index in [9.17, 15) is 4.79 Å². The molecule has 142 valence electrons. The van der Waals surface area contributed by atoms with Crippen LogP contribution in [0.4, 0.5) is 11.4 Å². The van der Waals surface area contributed by atoms with Gasteiger partial charge in [-0.05, 0) is 62.1 Å². The van der Waals surface area contributed by atoms with Crippen molar-refractivity contribution in [3.8, 4) is 11.1 Å². The first-order valence-corrected chi connectivity index (χ1v) is 9.32. The third kappa shape index (κ3) is 3.55. The van der Waals surface area contributed by atoms with Crippen LogP contribution in [0, 0.1) is 6.92 Å². The molecule has 2 aromatic carbocycles. The van der Waals surface area contributed by atoms with E-state index in [4.69, 9.17) is 15.3 Å². The van der Waals surface area contributed by atoms with Crippen molar-refractivity contribution < 1.29 is 9.52 Å². The number of aliphatic hydroxyl groups excluding tert-OH is 1. The van der Waals surface area contributed by atoms with E-state index in [1.165, 1.54) is 0 Å². The molecular weight excluding hydrogens is 340 g/mol. The fraction of sp³-hybridized carbons (Fsp3) is 0.318. The zero-order valence-corrected chi connectivity index (χ0v) is 16.1. The Morgan fingerprint density at radius 1 is 1.11 bits per heavy atom. The van der Waals surface area contributed by atoms with Gasteiger partial charge in [-0.1, -0.05) is 12.1 Å². The summed E-state index contributed by atoms with van der Waals surface area (Å²) in [7, 11) is 0. The van der Waals surface area contributed by atoms with Gasteiger partial charge in [-0.15, -0.1) is 0 Å². The summed E-state index contributed by atoms with van der Waals surface area (Å²) in [4.78, 5) is 14.9. The molecule has 0 atom stereocenters. The number of nitrogens with two attached hydrogens (primary N) is 1. The summed E-state index contributed by atoms with van der Waals surface area (Å²) in [6.45, 7) is 7.96. The maximum atomic E-state index is 12.7. The number of hydrogen-bond acceptors (Lipinski definition) is 5. The molecule has 1 aromatic heterocycles. The van der Waals surface area contributed by atoms with E-state index in [-0.39, 0.29) is 12.2 Å². The smallest absolute Gasteiger partial charge is 0.344 e. The Kier molecular flexibility index (Phi) is 5.51. The minimum atomic E-state index is -0.369. The number of benzene rings is 2. The van der Waals surface area contributed by atoms with E-state index in [1.54, 1.807) is 6.07 Å². The molecule has 0 amide bonds. The molecule has 0 spiro atoms. The molecule has 0 aliphatic rings. The first-order valence-electron chi connectivity index (χ1n) is 9.32. The normalized spacial score (nSPS) is 11.1. The van der Waals surface area contributed by atoms with Crippen molar-refractivity contribution in [3.63, 3.8) is 0 Å². The second-order valence-electron chi connectivity index (χ2n) is 6.63. The fourth-order valence-corrected chi connectivity index (χ4v) is 3.56. The van der Waals surface area contributed by atoms with Crippen molar-refractivity contribution >= 4 is 22.3 Å². The third-order valence-electron chi connectivity index (χ3n) is 5.10. The predicted octanol–water partition coefficient (Wildman–Crippen LogP) is 3.73. The third-order valence-corrected chi connectivity index (χ3v) is 5.10. The molecule has 1 heterocycles. The standard InChI is InChI=1S/C22H26N2O3/c1-4-24(5-2)17-8-9-18-14(3)21(22(26)27-20(18)13-17)16-7-6-15(10-11-25)19(23)12-16/h6-9,12-13,25H,4-5,10-11,23H2,1-3H3. The van der Waals surface area contributed by atoms with Gasteiger partial charge >= 0.3 is 5.63 Å². The molecule has 3 N–H and O–H groups in total. The second-order valence-corrected chi connectivity index (χ2v) is 6.63. The number of hydrogen-bond donors (Lipinski definition) is 2. The van der Waals surface area contributed by atoms with Crippen LogP contribution in [0.25, 0.3) is 22.1 Å². The monoisotopic (exact) mass is 366 g/mol. The molecule has 0 radical (unpaired) electrons. The Hall–Kier alpha value is -2.79. The lowest BCUT2D eigenvalue weighted by molar-refractivity contribution is 0.300. The maximum absolute atomic E-state index is 12.7. The van der Waals surface area contributed by atoms with Crippen molar-refractivity contribution in [2.45, 2.75) is 27.2 Å². The maximum Gasteiger partial charge on any atom is 0.344 e. The van der Waals surface area contributed by atoms with Gasteiger partial charge in [-0.2, -0.15) is 0 Å². The van der Waals surface area contributed by atoms with Crippen LogP contribution in [0.2, 0.25) is 0 Å². The van der Waals surface area contributed by atoms with Gasteiger partial charge in [0.2, 0.25) is 0 Å². The van der Waals surface area contributed by atoms with E-state index in [1.807, 2.05) is 31.2 Å². The van der Waals surface area contributed by atoms with Gasteiger partial charge < -0.3 is 20.2 Å². The summed E-state index contributed by atoms with van der Waals surface area (Å²) >= 11 is 0. The Morgan fingerprint density at radius 3 is 2.48 bits per heavy atom. The van der Waals surface area contributed by atoms with E-state index in [0.29, 0.717) is 23.3 Å². The lowest BCUT2D eigenvalue weighted by Gasteiger charge is -2.21. The number of anilines is 2. The molecule has 5 nitrogen and oxygen atoms in total. The first-order chi connectivity index (χ1) is 13.0. The molecule has 0 saturated carbocycles. The molecule has 0 saturated heterocycles. The molecule has 0 unspecified atom stereocenters. The molecular formula is C22H26N2O3. The summed E-state index contributed by atoms with van der Waals surface area (Å²) in [5.74, 6) is 0. The number of aliphatic hydroxyl groups is 1. The van der Waals surface area contributed by atoms with Crippen molar-refractivity contribution in [2.24, 2.45) is 0 Å². The van der Waals surface area contributed by atoms with E-state index in [2.05, 4.69) is 24.8 Å². The summed E-state index contributed by atoms with van der Waals surface area (Å²) in [5, 5.41) is 10.0. The van der Waals surface area contributed by atoms with Crippen molar-refractivity contribution in [1.82, 2.24) is 0 Å². The average molecular weight is 366 g/mol. The fourth-order valence-electron chi connectivity index (χ4n) is 3.56. The Labute approximate surface area is 159 Å². The van der Waals surface area contributed by atoms with Crippen LogP contribution in [0.15, 0.2) is 45.6 Å². The SMILES string of the molecule is CCN(CC)c1ccc2c(C)c(-c3ccc(CCO)c(N)c3)c(=O)oc2c1. The Morgan fingerprint density at radius 2 is 1.85 bits per heavy atom. The van der Waals surface area contributed by atoms with Crippen LogP contribution < -0.4 is 16.3 Å². The van der Waals surface area contributed by atoms with Gasteiger partial charge in [0.25, 0.3) is 0 Å².